The molecule has 1 saturated heterocycles. The van der Waals surface area contributed by atoms with Crippen LogP contribution in [-0.4, -0.2) is 62.9 Å². The molecule has 2 aromatic carbocycles. The topological polar surface area (TPSA) is 143 Å². The predicted octanol–water partition coefficient (Wildman–Crippen LogP) is 4.28. The standard InChI is InChI=1S/C27H29N3O9/c1-3-36-24-16-21(29-11-13-35-14-12-29)25(37-4-2)15-20(24)28-26(31)17-38-27(32)23-10-9-22(39-23)18-5-7-19(8-6-18)30(33)34/h5-10,15-16H,3-4,11-14,17H2,1-2H3,(H,28,31). The fourth-order valence-corrected chi connectivity index (χ4v) is 3.98. The van der Waals surface area contributed by atoms with E-state index >= 15 is 0 Å². The smallest absolute Gasteiger partial charge is 0.374 e. The zero-order valence-electron chi connectivity index (χ0n) is 21.6. The first-order chi connectivity index (χ1) is 18.9. The predicted molar refractivity (Wildman–Crippen MR) is 142 cm³/mol. The van der Waals surface area contributed by atoms with Crippen molar-refractivity contribution >= 4 is 28.9 Å². The Kier molecular flexibility index (Phi) is 9.00. The minimum atomic E-state index is -0.832. The first-order valence-corrected chi connectivity index (χ1v) is 12.5. The maximum absolute atomic E-state index is 12.7. The van der Waals surface area contributed by atoms with Gasteiger partial charge in [0.15, 0.2) is 6.61 Å². The first kappa shape index (κ1) is 27.5. The molecule has 12 heteroatoms. The van der Waals surface area contributed by atoms with Gasteiger partial charge in [0, 0.05) is 42.9 Å². The van der Waals surface area contributed by atoms with Crippen molar-refractivity contribution in [3.63, 3.8) is 0 Å². The lowest BCUT2D eigenvalue weighted by Gasteiger charge is -2.31. The minimum absolute atomic E-state index is 0.0624. The van der Waals surface area contributed by atoms with Gasteiger partial charge in [-0.15, -0.1) is 0 Å². The van der Waals surface area contributed by atoms with E-state index < -0.39 is 23.4 Å². The zero-order chi connectivity index (χ0) is 27.8. The van der Waals surface area contributed by atoms with Crippen LogP contribution in [0.4, 0.5) is 17.1 Å². The van der Waals surface area contributed by atoms with Crippen LogP contribution in [0, 0.1) is 10.1 Å². The van der Waals surface area contributed by atoms with Gasteiger partial charge in [0.1, 0.15) is 17.3 Å². The van der Waals surface area contributed by atoms with E-state index in [0.29, 0.717) is 68.0 Å². The molecule has 0 unspecified atom stereocenters. The van der Waals surface area contributed by atoms with Crippen LogP contribution in [0.25, 0.3) is 11.3 Å². The summed E-state index contributed by atoms with van der Waals surface area (Å²) in [6.07, 6.45) is 0. The molecule has 0 bridgehead atoms. The number of furan rings is 1. The molecule has 4 rings (SSSR count). The first-order valence-electron chi connectivity index (χ1n) is 12.5. The van der Waals surface area contributed by atoms with E-state index in [0.717, 1.165) is 5.69 Å². The molecular formula is C27H29N3O9. The lowest BCUT2D eigenvalue weighted by Crippen LogP contribution is -2.36. The Balaban J connectivity index is 1.41. The third kappa shape index (κ3) is 6.85. The second-order valence-electron chi connectivity index (χ2n) is 8.37. The van der Waals surface area contributed by atoms with Crippen LogP contribution in [-0.2, 0) is 14.3 Å². The summed E-state index contributed by atoms with van der Waals surface area (Å²) in [7, 11) is 0. The molecule has 1 aliphatic rings. The summed E-state index contributed by atoms with van der Waals surface area (Å²) in [6.45, 7) is 6.57. The molecule has 1 aliphatic heterocycles. The molecule has 0 atom stereocenters. The minimum Gasteiger partial charge on any atom is -0.492 e. The van der Waals surface area contributed by atoms with Crippen LogP contribution >= 0.6 is 0 Å². The Morgan fingerprint density at radius 1 is 1.00 bits per heavy atom. The van der Waals surface area contributed by atoms with Crippen LogP contribution in [0.5, 0.6) is 11.5 Å². The van der Waals surface area contributed by atoms with Gasteiger partial charge < -0.3 is 33.6 Å². The number of non-ortho nitro benzene ring substituents is 1. The number of rotatable bonds is 11. The number of carbonyl (C=O) groups excluding carboxylic acids is 2. The van der Waals surface area contributed by atoms with Crippen LogP contribution in [0.15, 0.2) is 52.9 Å². The third-order valence-electron chi connectivity index (χ3n) is 5.79. The summed E-state index contributed by atoms with van der Waals surface area (Å²) < 4.78 is 27.7. The number of hydrogen-bond donors (Lipinski definition) is 1. The summed E-state index contributed by atoms with van der Waals surface area (Å²) in [5, 5.41) is 13.6. The van der Waals surface area contributed by atoms with Gasteiger partial charge in [-0.1, -0.05) is 0 Å². The van der Waals surface area contributed by atoms with Gasteiger partial charge in [-0.3, -0.25) is 14.9 Å². The van der Waals surface area contributed by atoms with E-state index in [4.69, 9.17) is 23.4 Å². The van der Waals surface area contributed by atoms with E-state index in [2.05, 4.69) is 10.2 Å². The number of nitrogens with zero attached hydrogens (tertiary/aromatic N) is 2. The van der Waals surface area contributed by atoms with Gasteiger partial charge in [-0.25, -0.2) is 4.79 Å². The number of ether oxygens (including phenoxy) is 4. The SMILES string of the molecule is CCOc1cc(N2CCOCC2)c(OCC)cc1NC(=O)COC(=O)c1ccc(-c2ccc([N+](=O)[O-])cc2)o1. The number of amides is 1. The number of morpholine rings is 1. The quantitative estimate of drug-likeness (QED) is 0.213. The Labute approximate surface area is 224 Å². The monoisotopic (exact) mass is 539 g/mol. The van der Waals surface area contributed by atoms with Crippen molar-refractivity contribution in [1.29, 1.82) is 0 Å². The van der Waals surface area contributed by atoms with Crippen LogP contribution < -0.4 is 19.7 Å². The molecule has 1 aromatic heterocycles. The van der Waals surface area contributed by atoms with Gasteiger partial charge in [-0.2, -0.15) is 0 Å². The lowest BCUT2D eigenvalue weighted by molar-refractivity contribution is -0.384. The maximum Gasteiger partial charge on any atom is 0.374 e. The van der Waals surface area contributed by atoms with E-state index in [1.807, 2.05) is 19.9 Å². The van der Waals surface area contributed by atoms with Crippen LogP contribution in [0.1, 0.15) is 24.4 Å². The Morgan fingerprint density at radius 3 is 2.36 bits per heavy atom. The molecule has 39 heavy (non-hydrogen) atoms. The Morgan fingerprint density at radius 2 is 1.69 bits per heavy atom. The highest BCUT2D eigenvalue weighted by Gasteiger charge is 2.21. The fourth-order valence-electron chi connectivity index (χ4n) is 3.98. The third-order valence-corrected chi connectivity index (χ3v) is 5.79. The maximum atomic E-state index is 12.7. The van der Waals surface area contributed by atoms with E-state index in [1.54, 1.807) is 6.07 Å². The largest absolute Gasteiger partial charge is 0.492 e. The van der Waals surface area contributed by atoms with Crippen molar-refractivity contribution in [2.75, 3.05) is 56.3 Å². The van der Waals surface area contributed by atoms with Crippen LogP contribution in [0.3, 0.4) is 0 Å². The molecule has 0 saturated carbocycles. The fraction of sp³-hybridized carbons (Fsp3) is 0.333. The molecule has 12 nitrogen and oxygen atoms in total. The average molecular weight is 540 g/mol. The highest BCUT2D eigenvalue weighted by molar-refractivity contribution is 5.96. The molecule has 206 valence electrons. The van der Waals surface area contributed by atoms with Crippen molar-refractivity contribution < 1.29 is 37.9 Å². The highest BCUT2D eigenvalue weighted by atomic mass is 16.6. The second kappa shape index (κ2) is 12.8. The van der Waals surface area contributed by atoms with Gasteiger partial charge >= 0.3 is 5.97 Å². The number of benzene rings is 2. The summed E-state index contributed by atoms with van der Waals surface area (Å²) >= 11 is 0. The van der Waals surface area contributed by atoms with Gasteiger partial charge in [0.25, 0.3) is 11.6 Å². The highest BCUT2D eigenvalue weighted by Crippen LogP contribution is 2.39. The molecule has 1 amide bonds. The summed E-state index contributed by atoms with van der Waals surface area (Å²) in [5.41, 5.74) is 1.71. The lowest BCUT2D eigenvalue weighted by atomic mass is 10.1. The van der Waals surface area contributed by atoms with Gasteiger partial charge in [0.2, 0.25) is 5.76 Å². The number of anilines is 2. The van der Waals surface area contributed by atoms with Crippen molar-refractivity contribution in [2.45, 2.75) is 13.8 Å². The Hall–Kier alpha value is -4.58. The molecule has 1 fully saturated rings. The van der Waals surface area contributed by atoms with Crippen LogP contribution in [0.2, 0.25) is 0 Å². The van der Waals surface area contributed by atoms with Crippen molar-refractivity contribution in [2.24, 2.45) is 0 Å². The number of esters is 1. The number of nitrogens with one attached hydrogen (secondary N) is 1. The zero-order valence-corrected chi connectivity index (χ0v) is 21.6. The summed E-state index contributed by atoms with van der Waals surface area (Å²) in [5.74, 6) is -0.148. The van der Waals surface area contributed by atoms with E-state index in [1.165, 1.54) is 36.4 Å². The second-order valence-corrected chi connectivity index (χ2v) is 8.37. The number of carbonyl (C=O) groups is 2. The van der Waals surface area contributed by atoms with Crippen molar-refractivity contribution in [3.05, 3.63) is 64.4 Å². The molecule has 0 spiro atoms. The molecule has 0 radical (unpaired) electrons. The number of nitro benzene ring substituents is 1. The molecule has 1 N–H and O–H groups in total. The van der Waals surface area contributed by atoms with Crippen molar-refractivity contribution in [1.82, 2.24) is 0 Å². The number of nitro groups is 1. The normalized spacial score (nSPS) is 13.0. The molecule has 0 aliphatic carbocycles. The molecule has 2 heterocycles. The van der Waals surface area contributed by atoms with Crippen molar-refractivity contribution in [3.8, 4) is 22.8 Å². The summed E-state index contributed by atoms with van der Waals surface area (Å²) in [6, 6.07) is 12.2. The summed E-state index contributed by atoms with van der Waals surface area (Å²) in [4.78, 5) is 37.6. The molecule has 3 aromatic rings. The van der Waals surface area contributed by atoms with Gasteiger partial charge in [0.05, 0.1) is 42.7 Å². The van der Waals surface area contributed by atoms with E-state index in [9.17, 15) is 19.7 Å². The Bertz CT molecular complexity index is 1310. The van der Waals surface area contributed by atoms with Gasteiger partial charge in [-0.05, 0) is 38.1 Å². The van der Waals surface area contributed by atoms with E-state index in [-0.39, 0.29) is 11.4 Å². The average Bonchev–Trinajstić information content (AvgIpc) is 3.44. The molecular weight excluding hydrogens is 510 g/mol. The number of hydrogen-bond acceptors (Lipinski definition) is 10.